The highest BCUT2D eigenvalue weighted by molar-refractivity contribution is 14.0. The van der Waals surface area contributed by atoms with Gasteiger partial charge in [-0.3, -0.25) is 4.99 Å². The molecule has 1 fully saturated rings. The molecular formula is C12H26IN3O2. The second kappa shape index (κ2) is 10.8. The van der Waals surface area contributed by atoms with Gasteiger partial charge in [0.05, 0.1) is 12.7 Å². The smallest absolute Gasteiger partial charge is 0.188 e. The summed E-state index contributed by atoms with van der Waals surface area (Å²) >= 11 is 0. The molecule has 1 rings (SSSR count). The molecule has 0 aromatic carbocycles. The average molecular weight is 371 g/mol. The van der Waals surface area contributed by atoms with E-state index in [1.165, 1.54) is 12.8 Å². The lowest BCUT2D eigenvalue weighted by atomic mass is 10.1. The maximum Gasteiger partial charge on any atom is 0.188 e. The first-order valence-corrected chi connectivity index (χ1v) is 6.39. The normalized spacial score (nSPS) is 22.1. The molecule has 2 unspecified atom stereocenters. The molecular weight excluding hydrogens is 345 g/mol. The van der Waals surface area contributed by atoms with Crippen molar-refractivity contribution in [1.82, 2.24) is 5.32 Å². The van der Waals surface area contributed by atoms with Gasteiger partial charge in [0.1, 0.15) is 0 Å². The number of guanidine groups is 1. The number of hydrogen-bond donors (Lipinski definition) is 2. The Morgan fingerprint density at radius 2 is 2.33 bits per heavy atom. The van der Waals surface area contributed by atoms with Crippen LogP contribution in [0.5, 0.6) is 0 Å². The van der Waals surface area contributed by atoms with E-state index in [0.717, 1.165) is 26.0 Å². The molecule has 0 radical (unpaired) electrons. The van der Waals surface area contributed by atoms with E-state index < -0.39 is 0 Å². The van der Waals surface area contributed by atoms with Gasteiger partial charge >= 0.3 is 0 Å². The van der Waals surface area contributed by atoms with Gasteiger partial charge in [0.25, 0.3) is 0 Å². The number of methoxy groups -OCH3 is 1. The molecule has 0 spiro atoms. The molecule has 5 nitrogen and oxygen atoms in total. The first kappa shape index (κ1) is 17.9. The zero-order chi connectivity index (χ0) is 12.5. The monoisotopic (exact) mass is 371 g/mol. The Bertz CT molecular complexity index is 233. The summed E-state index contributed by atoms with van der Waals surface area (Å²) in [6, 6.07) is 0.190. The Morgan fingerprint density at radius 3 is 2.94 bits per heavy atom. The molecule has 0 aromatic heterocycles. The summed E-state index contributed by atoms with van der Waals surface area (Å²) in [7, 11) is 1.67. The summed E-state index contributed by atoms with van der Waals surface area (Å²) in [5, 5.41) is 3.08. The Labute approximate surface area is 127 Å². The number of halogens is 1. The minimum atomic E-state index is 0. The molecule has 18 heavy (non-hydrogen) atoms. The number of nitrogens with zero attached hydrogens (tertiary/aromatic N) is 1. The Hall–Kier alpha value is -0.0800. The van der Waals surface area contributed by atoms with Crippen molar-refractivity contribution in [2.24, 2.45) is 10.7 Å². The number of nitrogens with two attached hydrogens (primary N) is 1. The molecule has 3 N–H and O–H groups in total. The molecule has 1 saturated heterocycles. The van der Waals surface area contributed by atoms with Gasteiger partial charge in [-0.2, -0.15) is 0 Å². The van der Waals surface area contributed by atoms with Crippen LogP contribution >= 0.6 is 24.0 Å². The molecule has 0 aromatic rings. The molecule has 0 amide bonds. The van der Waals surface area contributed by atoms with Crippen molar-refractivity contribution in [1.29, 1.82) is 0 Å². The molecule has 0 saturated carbocycles. The number of ether oxygens (including phenoxy) is 2. The van der Waals surface area contributed by atoms with Crippen LogP contribution in [0, 0.1) is 0 Å². The summed E-state index contributed by atoms with van der Waals surface area (Å²) in [6.45, 7) is 4.26. The number of nitrogens with one attached hydrogen (secondary N) is 1. The predicted octanol–water partition coefficient (Wildman–Crippen LogP) is 1.50. The number of hydrogen-bond acceptors (Lipinski definition) is 3. The topological polar surface area (TPSA) is 68.9 Å². The maximum atomic E-state index is 5.76. The van der Waals surface area contributed by atoms with Crippen molar-refractivity contribution < 1.29 is 9.47 Å². The van der Waals surface area contributed by atoms with Crippen molar-refractivity contribution in [3.05, 3.63) is 0 Å². The second-order valence-electron chi connectivity index (χ2n) is 4.54. The lowest BCUT2D eigenvalue weighted by Crippen LogP contribution is -2.40. The van der Waals surface area contributed by atoms with E-state index in [-0.39, 0.29) is 30.0 Å². The zero-order valence-electron chi connectivity index (χ0n) is 11.4. The van der Waals surface area contributed by atoms with Crippen LogP contribution in [0.1, 0.15) is 32.6 Å². The van der Waals surface area contributed by atoms with Crippen LogP contribution < -0.4 is 11.1 Å². The summed E-state index contributed by atoms with van der Waals surface area (Å²) < 4.78 is 10.6. The summed E-state index contributed by atoms with van der Waals surface area (Å²) in [4.78, 5) is 4.29. The fourth-order valence-corrected chi connectivity index (χ4v) is 1.95. The van der Waals surface area contributed by atoms with Crippen molar-refractivity contribution in [2.75, 3.05) is 26.9 Å². The van der Waals surface area contributed by atoms with Crippen molar-refractivity contribution in [3.63, 3.8) is 0 Å². The lowest BCUT2D eigenvalue weighted by Gasteiger charge is -2.21. The molecule has 0 bridgehead atoms. The van der Waals surface area contributed by atoms with Crippen molar-refractivity contribution in [2.45, 2.75) is 44.8 Å². The van der Waals surface area contributed by atoms with Gasteiger partial charge < -0.3 is 20.5 Å². The molecule has 1 aliphatic heterocycles. The van der Waals surface area contributed by atoms with Crippen LogP contribution in [0.25, 0.3) is 0 Å². The zero-order valence-corrected chi connectivity index (χ0v) is 13.7. The van der Waals surface area contributed by atoms with Crippen LogP contribution in [0.4, 0.5) is 0 Å². The minimum Gasteiger partial charge on any atom is -0.383 e. The molecule has 108 valence electrons. The molecule has 1 heterocycles. The van der Waals surface area contributed by atoms with Crippen molar-refractivity contribution >= 4 is 29.9 Å². The standard InChI is InChI=1S/C12H25N3O2.HI/c1-10(9-16-2)15-12(13)14-7-6-11-5-3-4-8-17-11;/h10-11H,3-9H2,1-2H3,(H3,13,14,15);1H. The SMILES string of the molecule is COCC(C)NC(N)=NCCC1CCCCO1.I. The van der Waals surface area contributed by atoms with E-state index in [0.29, 0.717) is 18.7 Å². The first-order chi connectivity index (χ1) is 8.22. The fraction of sp³-hybridized carbons (Fsp3) is 0.917. The summed E-state index contributed by atoms with van der Waals surface area (Å²) in [5.74, 6) is 0.491. The van der Waals surface area contributed by atoms with E-state index in [1.54, 1.807) is 7.11 Å². The quantitative estimate of drug-likeness (QED) is 0.422. The highest BCUT2D eigenvalue weighted by Crippen LogP contribution is 2.15. The lowest BCUT2D eigenvalue weighted by molar-refractivity contribution is 0.0129. The van der Waals surface area contributed by atoms with Gasteiger partial charge in [-0.1, -0.05) is 0 Å². The largest absolute Gasteiger partial charge is 0.383 e. The van der Waals surface area contributed by atoms with Crippen LogP contribution in [0.15, 0.2) is 4.99 Å². The van der Waals surface area contributed by atoms with Crippen LogP contribution in [-0.4, -0.2) is 45.0 Å². The highest BCUT2D eigenvalue weighted by Gasteiger charge is 2.12. The highest BCUT2D eigenvalue weighted by atomic mass is 127. The Morgan fingerprint density at radius 1 is 1.56 bits per heavy atom. The van der Waals surface area contributed by atoms with Crippen molar-refractivity contribution in [3.8, 4) is 0 Å². The Balaban J connectivity index is 0.00000289. The maximum absolute atomic E-state index is 5.76. The van der Waals surface area contributed by atoms with Gasteiger partial charge in [0.2, 0.25) is 0 Å². The number of aliphatic imine (C=N–C) groups is 1. The first-order valence-electron chi connectivity index (χ1n) is 6.39. The Kier molecular flexibility index (Phi) is 10.8. The van der Waals surface area contributed by atoms with Gasteiger partial charge in [-0.15, -0.1) is 24.0 Å². The molecule has 0 aliphatic carbocycles. The van der Waals surface area contributed by atoms with Gasteiger partial charge in [0, 0.05) is 26.3 Å². The van der Waals surface area contributed by atoms with Gasteiger partial charge in [0.15, 0.2) is 5.96 Å². The third-order valence-electron chi connectivity index (χ3n) is 2.82. The van der Waals surface area contributed by atoms with Crippen LogP contribution in [0.2, 0.25) is 0 Å². The van der Waals surface area contributed by atoms with E-state index in [1.807, 2.05) is 6.92 Å². The molecule has 1 aliphatic rings. The summed E-state index contributed by atoms with van der Waals surface area (Å²) in [5.41, 5.74) is 5.76. The third kappa shape index (κ3) is 8.10. The molecule has 6 heteroatoms. The average Bonchev–Trinajstić information content (AvgIpc) is 2.30. The predicted molar refractivity (Wildman–Crippen MR) is 84.6 cm³/mol. The molecule has 2 atom stereocenters. The summed E-state index contributed by atoms with van der Waals surface area (Å²) in [6.07, 6.45) is 4.95. The van der Waals surface area contributed by atoms with E-state index in [9.17, 15) is 0 Å². The van der Waals surface area contributed by atoms with E-state index in [2.05, 4.69) is 10.3 Å². The van der Waals surface area contributed by atoms with E-state index in [4.69, 9.17) is 15.2 Å². The van der Waals surface area contributed by atoms with E-state index >= 15 is 0 Å². The number of rotatable bonds is 6. The van der Waals surface area contributed by atoms with Gasteiger partial charge in [-0.25, -0.2) is 0 Å². The van der Waals surface area contributed by atoms with Gasteiger partial charge in [-0.05, 0) is 32.6 Å². The minimum absolute atomic E-state index is 0. The fourth-order valence-electron chi connectivity index (χ4n) is 1.95. The van der Waals surface area contributed by atoms with Crippen LogP contribution in [0.3, 0.4) is 0 Å². The second-order valence-corrected chi connectivity index (χ2v) is 4.54. The third-order valence-corrected chi connectivity index (χ3v) is 2.82. The van der Waals surface area contributed by atoms with Crippen LogP contribution in [-0.2, 0) is 9.47 Å².